The molecule has 1 aliphatic rings. The number of hydrogen-bond acceptors (Lipinski definition) is 5. The zero-order chi connectivity index (χ0) is 19.6. The van der Waals surface area contributed by atoms with Gasteiger partial charge < -0.3 is 4.42 Å². The summed E-state index contributed by atoms with van der Waals surface area (Å²) >= 11 is 0. The summed E-state index contributed by atoms with van der Waals surface area (Å²) in [5, 5.41) is 8.59. The Kier molecular flexibility index (Phi) is 5.29. The molecule has 28 heavy (non-hydrogen) atoms. The predicted octanol–water partition coefficient (Wildman–Crippen LogP) is 4.39. The monoisotopic (exact) mass is 376 g/mol. The second-order valence-electron chi connectivity index (χ2n) is 8.18. The normalized spacial score (nSPS) is 18.8. The van der Waals surface area contributed by atoms with Gasteiger partial charge in [0.05, 0.1) is 6.04 Å². The van der Waals surface area contributed by atoms with E-state index >= 15 is 0 Å². The molecule has 0 bridgehead atoms. The van der Waals surface area contributed by atoms with Crippen molar-refractivity contribution in [3.63, 3.8) is 0 Å². The molecule has 0 N–H and O–H groups in total. The summed E-state index contributed by atoms with van der Waals surface area (Å²) in [6, 6.07) is 20.7. The van der Waals surface area contributed by atoms with Gasteiger partial charge in [-0.25, -0.2) is 0 Å². The number of aromatic nitrogens is 2. The third kappa shape index (κ3) is 4.01. The maximum absolute atomic E-state index is 6.00. The second kappa shape index (κ2) is 7.86. The van der Waals surface area contributed by atoms with Gasteiger partial charge in [-0.05, 0) is 38.5 Å². The number of nitrogens with zero attached hydrogens (tertiary/aromatic N) is 4. The topological polar surface area (TPSA) is 45.4 Å². The van der Waals surface area contributed by atoms with Crippen LogP contribution in [0.4, 0.5) is 0 Å². The summed E-state index contributed by atoms with van der Waals surface area (Å²) in [6.07, 6.45) is 0. The lowest BCUT2D eigenvalue weighted by molar-refractivity contribution is -0.00728. The highest BCUT2D eigenvalue weighted by Crippen LogP contribution is 2.30. The fourth-order valence-electron chi connectivity index (χ4n) is 3.91. The summed E-state index contributed by atoms with van der Waals surface area (Å²) in [6.45, 7) is 10.7. The summed E-state index contributed by atoms with van der Waals surface area (Å²) in [5.74, 6) is 1.27. The van der Waals surface area contributed by atoms with Crippen molar-refractivity contribution < 1.29 is 4.42 Å². The Morgan fingerprint density at radius 1 is 0.964 bits per heavy atom. The number of rotatable bonds is 5. The van der Waals surface area contributed by atoms with Crippen LogP contribution in [-0.2, 0) is 6.54 Å². The molecule has 2 aromatic carbocycles. The molecule has 1 fully saturated rings. The molecule has 0 radical (unpaired) electrons. The van der Waals surface area contributed by atoms with Crippen molar-refractivity contribution in [2.75, 3.05) is 19.6 Å². The molecular weight excluding hydrogens is 348 g/mol. The van der Waals surface area contributed by atoms with Crippen LogP contribution in [0, 0.1) is 0 Å². The first-order chi connectivity index (χ1) is 13.5. The van der Waals surface area contributed by atoms with E-state index in [1.54, 1.807) is 0 Å². The first-order valence-corrected chi connectivity index (χ1v) is 9.95. The molecule has 3 aromatic rings. The van der Waals surface area contributed by atoms with Crippen molar-refractivity contribution in [2.45, 2.75) is 38.9 Å². The minimum absolute atomic E-state index is 0.0740. The molecule has 1 saturated heterocycles. The first-order valence-electron chi connectivity index (χ1n) is 9.95. The van der Waals surface area contributed by atoms with Gasteiger partial charge in [0.1, 0.15) is 0 Å². The van der Waals surface area contributed by atoms with Gasteiger partial charge in [-0.1, -0.05) is 48.5 Å². The lowest BCUT2D eigenvalue weighted by atomic mass is 9.96. The molecule has 2 heterocycles. The molecule has 1 unspecified atom stereocenters. The van der Waals surface area contributed by atoms with E-state index < -0.39 is 0 Å². The van der Waals surface area contributed by atoms with Gasteiger partial charge in [-0.2, -0.15) is 0 Å². The molecule has 1 atom stereocenters. The third-order valence-corrected chi connectivity index (χ3v) is 5.69. The van der Waals surface area contributed by atoms with E-state index in [1.165, 1.54) is 5.56 Å². The zero-order valence-electron chi connectivity index (χ0n) is 16.9. The Morgan fingerprint density at radius 2 is 1.64 bits per heavy atom. The van der Waals surface area contributed by atoms with Gasteiger partial charge in [0.15, 0.2) is 0 Å². The van der Waals surface area contributed by atoms with E-state index in [0.29, 0.717) is 11.8 Å². The molecular formula is C23H28N4O. The predicted molar refractivity (Wildman–Crippen MR) is 111 cm³/mol. The Balaban J connectivity index is 1.44. The molecule has 0 aliphatic carbocycles. The molecule has 0 amide bonds. The largest absolute Gasteiger partial charge is 0.419 e. The average Bonchev–Trinajstić information content (AvgIpc) is 3.20. The highest BCUT2D eigenvalue weighted by molar-refractivity contribution is 5.51. The molecule has 5 heteroatoms. The lowest BCUT2D eigenvalue weighted by Crippen LogP contribution is -2.59. The fourth-order valence-corrected chi connectivity index (χ4v) is 3.91. The Hall–Kier alpha value is -2.50. The first kappa shape index (κ1) is 18.8. The van der Waals surface area contributed by atoms with E-state index in [1.807, 2.05) is 30.3 Å². The summed E-state index contributed by atoms with van der Waals surface area (Å²) in [7, 11) is 0. The van der Waals surface area contributed by atoms with Crippen molar-refractivity contribution >= 4 is 0 Å². The highest BCUT2D eigenvalue weighted by atomic mass is 16.4. The van der Waals surface area contributed by atoms with Crippen molar-refractivity contribution in [1.82, 2.24) is 20.0 Å². The summed E-state index contributed by atoms with van der Waals surface area (Å²) in [5.41, 5.74) is 2.40. The zero-order valence-corrected chi connectivity index (χ0v) is 16.9. The van der Waals surface area contributed by atoms with Gasteiger partial charge >= 0.3 is 0 Å². The van der Waals surface area contributed by atoms with Crippen LogP contribution in [0.5, 0.6) is 0 Å². The van der Waals surface area contributed by atoms with Crippen molar-refractivity contribution in [3.8, 4) is 11.5 Å². The average molecular weight is 377 g/mol. The lowest BCUT2D eigenvalue weighted by Gasteiger charge is -2.48. The molecule has 1 aliphatic heterocycles. The van der Waals surface area contributed by atoms with Gasteiger partial charge in [-0.3, -0.25) is 9.80 Å². The molecule has 1 aromatic heterocycles. The van der Waals surface area contributed by atoms with E-state index in [9.17, 15) is 0 Å². The van der Waals surface area contributed by atoms with Gasteiger partial charge in [-0.15, -0.1) is 10.2 Å². The Morgan fingerprint density at radius 3 is 2.32 bits per heavy atom. The highest BCUT2D eigenvalue weighted by Gasteiger charge is 2.36. The standard InChI is InChI=1S/C23H28N4O/c1-18(21-24-25-22(28-21)20-12-8-5-9-13-20)26-14-15-27(23(2,3)17-26)16-19-10-6-4-7-11-19/h4-13,18H,14-17H2,1-3H3. The van der Waals surface area contributed by atoms with Crippen LogP contribution in [0.3, 0.4) is 0 Å². The van der Waals surface area contributed by atoms with Gasteiger partial charge in [0.2, 0.25) is 11.8 Å². The van der Waals surface area contributed by atoms with Gasteiger partial charge in [0, 0.05) is 37.3 Å². The number of benzene rings is 2. The molecule has 146 valence electrons. The quantitative estimate of drug-likeness (QED) is 0.661. The maximum atomic E-state index is 6.00. The smallest absolute Gasteiger partial charge is 0.247 e. The molecule has 0 saturated carbocycles. The van der Waals surface area contributed by atoms with Crippen molar-refractivity contribution in [3.05, 3.63) is 72.1 Å². The van der Waals surface area contributed by atoms with Crippen molar-refractivity contribution in [1.29, 1.82) is 0 Å². The SMILES string of the molecule is CC(c1nnc(-c2ccccc2)o1)N1CCN(Cc2ccccc2)C(C)(C)C1. The van der Waals surface area contributed by atoms with Crippen LogP contribution in [0.2, 0.25) is 0 Å². The minimum Gasteiger partial charge on any atom is -0.419 e. The second-order valence-corrected chi connectivity index (χ2v) is 8.18. The van der Waals surface area contributed by atoms with Crippen LogP contribution < -0.4 is 0 Å². The van der Waals surface area contributed by atoms with Crippen LogP contribution in [0.15, 0.2) is 65.1 Å². The molecule has 0 spiro atoms. The Labute approximate surface area is 167 Å². The van der Waals surface area contributed by atoms with Crippen LogP contribution in [0.1, 0.15) is 38.3 Å². The fraction of sp³-hybridized carbons (Fsp3) is 0.391. The minimum atomic E-state index is 0.0740. The van der Waals surface area contributed by atoms with Crippen LogP contribution >= 0.6 is 0 Å². The third-order valence-electron chi connectivity index (χ3n) is 5.69. The van der Waals surface area contributed by atoms with Crippen LogP contribution in [0.25, 0.3) is 11.5 Å². The number of piperazine rings is 1. The Bertz CT molecular complexity index is 891. The summed E-state index contributed by atoms with van der Waals surface area (Å²) in [4.78, 5) is 5.01. The summed E-state index contributed by atoms with van der Waals surface area (Å²) < 4.78 is 6.00. The van der Waals surface area contributed by atoms with Crippen molar-refractivity contribution in [2.24, 2.45) is 0 Å². The maximum Gasteiger partial charge on any atom is 0.247 e. The van der Waals surface area contributed by atoms with Crippen LogP contribution in [-0.4, -0.2) is 45.2 Å². The van der Waals surface area contributed by atoms with Gasteiger partial charge in [0.25, 0.3) is 0 Å². The van der Waals surface area contributed by atoms with E-state index in [2.05, 4.69) is 71.1 Å². The molecule has 5 nitrogen and oxygen atoms in total. The number of hydrogen-bond donors (Lipinski definition) is 0. The van der Waals surface area contributed by atoms with E-state index in [0.717, 1.165) is 31.7 Å². The molecule has 4 rings (SSSR count). The van der Waals surface area contributed by atoms with E-state index in [-0.39, 0.29) is 11.6 Å². The van der Waals surface area contributed by atoms with E-state index in [4.69, 9.17) is 4.42 Å².